The van der Waals surface area contributed by atoms with Crippen LogP contribution < -0.4 is 21.5 Å². The van der Waals surface area contributed by atoms with E-state index in [-0.39, 0.29) is 50.8 Å². The molecule has 3 rings (SSSR count). The van der Waals surface area contributed by atoms with Gasteiger partial charge in [0.25, 0.3) is 17.0 Å². The van der Waals surface area contributed by atoms with E-state index in [9.17, 15) is 18.0 Å². The molecule has 0 unspecified atom stereocenters. The van der Waals surface area contributed by atoms with Crippen LogP contribution in [0.15, 0.2) is 15.9 Å². The topological polar surface area (TPSA) is 236 Å². The van der Waals surface area contributed by atoms with Crippen LogP contribution in [0.2, 0.25) is 0 Å². The number of thiazole rings is 2. The standard InChI is InChI=1S/C15H18N8O7S3/c1-6-9(13(25)23(6)33(26,27)28)21-12(24)10(7-4-31-14(18)19-7)22-30-3-2-29-15-20-8(5-32-15)11(16)17/h4-6,9H,2-3H2,1H3,(H3,16,17)(H2,18,19)(H,21,24)(H,26,27,28)/t6-,9-/m0/s1. The number of carbonyl (C=O) groups is 2. The molecule has 1 aliphatic heterocycles. The lowest BCUT2D eigenvalue weighted by Gasteiger charge is -2.42. The van der Waals surface area contributed by atoms with Gasteiger partial charge in [-0.25, -0.2) is 9.29 Å². The van der Waals surface area contributed by atoms with Gasteiger partial charge in [-0.05, 0) is 6.92 Å². The van der Waals surface area contributed by atoms with Gasteiger partial charge in [0, 0.05) is 10.8 Å². The number of β-lactam (4-membered cyclic amide) rings is 1. The van der Waals surface area contributed by atoms with E-state index in [1.54, 1.807) is 5.38 Å². The Bertz CT molecular complexity index is 1210. The second-order valence-electron chi connectivity index (χ2n) is 6.41. The molecule has 0 aliphatic carbocycles. The van der Waals surface area contributed by atoms with Crippen LogP contribution in [0.5, 0.6) is 5.19 Å². The van der Waals surface area contributed by atoms with Crippen molar-refractivity contribution >= 4 is 61.5 Å². The van der Waals surface area contributed by atoms with Crippen LogP contribution in [-0.2, 0) is 24.7 Å². The van der Waals surface area contributed by atoms with Crippen molar-refractivity contribution < 1.29 is 32.1 Å². The maximum atomic E-state index is 12.7. The molecule has 0 bridgehead atoms. The summed E-state index contributed by atoms with van der Waals surface area (Å²) >= 11 is 2.18. The second-order valence-corrected chi connectivity index (χ2v) is 9.41. The van der Waals surface area contributed by atoms with Gasteiger partial charge in [-0.2, -0.15) is 13.4 Å². The van der Waals surface area contributed by atoms with E-state index >= 15 is 0 Å². The van der Waals surface area contributed by atoms with Crippen LogP contribution in [0.1, 0.15) is 18.3 Å². The Morgan fingerprint density at radius 2 is 2.03 bits per heavy atom. The van der Waals surface area contributed by atoms with E-state index in [2.05, 4.69) is 20.4 Å². The van der Waals surface area contributed by atoms with Crippen LogP contribution in [-0.4, -0.2) is 75.9 Å². The van der Waals surface area contributed by atoms with Crippen molar-refractivity contribution in [2.24, 2.45) is 10.9 Å². The average Bonchev–Trinajstić information content (AvgIpc) is 3.37. The van der Waals surface area contributed by atoms with Crippen molar-refractivity contribution in [3.63, 3.8) is 0 Å². The molecule has 18 heteroatoms. The predicted octanol–water partition coefficient (Wildman–Crippen LogP) is -1.22. The largest absolute Gasteiger partial charge is 0.466 e. The van der Waals surface area contributed by atoms with Crippen molar-refractivity contribution in [3.05, 3.63) is 22.1 Å². The van der Waals surface area contributed by atoms with Gasteiger partial charge < -0.3 is 26.4 Å². The summed E-state index contributed by atoms with van der Waals surface area (Å²) in [5.74, 6) is -2.07. The first kappa shape index (κ1) is 24.3. The van der Waals surface area contributed by atoms with Gasteiger partial charge in [-0.3, -0.25) is 19.6 Å². The third-order valence-corrected chi connectivity index (χ3v) is 6.60. The van der Waals surface area contributed by atoms with E-state index in [1.807, 2.05) is 0 Å². The van der Waals surface area contributed by atoms with Crippen LogP contribution in [0.4, 0.5) is 5.13 Å². The summed E-state index contributed by atoms with van der Waals surface area (Å²) in [4.78, 5) is 37.8. The Labute approximate surface area is 194 Å². The van der Waals surface area contributed by atoms with Crippen LogP contribution in [0.3, 0.4) is 0 Å². The molecule has 2 aromatic rings. The summed E-state index contributed by atoms with van der Waals surface area (Å²) in [6.07, 6.45) is 0. The summed E-state index contributed by atoms with van der Waals surface area (Å²) < 4.78 is 37.1. The van der Waals surface area contributed by atoms with Gasteiger partial charge >= 0.3 is 10.3 Å². The second kappa shape index (κ2) is 9.65. The smallest absolute Gasteiger partial charge is 0.362 e. The molecule has 7 N–H and O–H groups in total. The molecule has 1 fully saturated rings. The maximum Gasteiger partial charge on any atom is 0.362 e. The van der Waals surface area contributed by atoms with Crippen LogP contribution in [0.25, 0.3) is 0 Å². The zero-order chi connectivity index (χ0) is 24.3. The summed E-state index contributed by atoms with van der Waals surface area (Å²) in [5.41, 5.74) is 11.0. The monoisotopic (exact) mass is 518 g/mol. The number of nitrogen functional groups attached to an aromatic ring is 2. The molecule has 0 aromatic carbocycles. The predicted molar refractivity (Wildman–Crippen MR) is 117 cm³/mol. The Morgan fingerprint density at radius 1 is 1.33 bits per heavy atom. The van der Waals surface area contributed by atoms with Gasteiger partial charge in [0.1, 0.15) is 29.9 Å². The highest BCUT2D eigenvalue weighted by molar-refractivity contribution is 7.84. The Balaban J connectivity index is 1.62. The number of oxime groups is 1. The third kappa shape index (κ3) is 5.53. The molecule has 3 heterocycles. The number of aromatic nitrogens is 2. The maximum absolute atomic E-state index is 12.7. The molecule has 15 nitrogen and oxygen atoms in total. The summed E-state index contributed by atoms with van der Waals surface area (Å²) in [6.45, 7) is 1.24. The molecular formula is C15H18N8O7S3. The molecule has 2 atom stereocenters. The van der Waals surface area contributed by atoms with E-state index in [1.165, 1.54) is 12.3 Å². The highest BCUT2D eigenvalue weighted by Crippen LogP contribution is 2.23. The molecule has 0 saturated carbocycles. The first-order valence-electron chi connectivity index (χ1n) is 8.94. The number of ether oxygens (including phenoxy) is 1. The number of anilines is 1. The van der Waals surface area contributed by atoms with Crippen molar-refractivity contribution in [1.82, 2.24) is 19.6 Å². The number of nitrogens with zero attached hydrogens (tertiary/aromatic N) is 4. The first-order chi connectivity index (χ1) is 15.5. The fourth-order valence-corrected chi connectivity index (χ4v) is 4.76. The van der Waals surface area contributed by atoms with Gasteiger partial charge in [0.2, 0.25) is 0 Å². The normalized spacial score (nSPS) is 18.5. The van der Waals surface area contributed by atoms with Gasteiger partial charge in [0.05, 0.1) is 6.04 Å². The van der Waals surface area contributed by atoms with Gasteiger partial charge in [-0.1, -0.05) is 16.5 Å². The number of nitrogens with one attached hydrogen (secondary N) is 2. The zero-order valence-corrected chi connectivity index (χ0v) is 19.2. The third-order valence-electron chi connectivity index (χ3n) is 4.17. The van der Waals surface area contributed by atoms with Crippen molar-refractivity contribution in [3.8, 4) is 5.19 Å². The van der Waals surface area contributed by atoms with E-state index in [4.69, 9.17) is 31.0 Å². The van der Waals surface area contributed by atoms with E-state index in [0.717, 1.165) is 22.7 Å². The SMILES string of the molecule is C[C@H]1[C@H](NC(=O)C(=NOCCOc2nc(C(=N)N)cs2)c2csc(N)n2)C(=O)N1S(=O)(=O)O. The minimum absolute atomic E-state index is 0.00389. The summed E-state index contributed by atoms with van der Waals surface area (Å²) in [5, 5.41) is 16.8. The molecule has 0 spiro atoms. The number of hydrogen-bond acceptors (Lipinski definition) is 13. The fourth-order valence-electron chi connectivity index (χ4n) is 2.64. The number of nitrogens with two attached hydrogens (primary N) is 2. The molecule has 178 valence electrons. The number of carbonyl (C=O) groups excluding carboxylic acids is 2. The molecule has 1 saturated heterocycles. The lowest BCUT2D eigenvalue weighted by Crippen LogP contribution is -2.71. The van der Waals surface area contributed by atoms with E-state index in [0.29, 0.717) is 0 Å². The minimum Gasteiger partial charge on any atom is -0.466 e. The van der Waals surface area contributed by atoms with Gasteiger partial charge in [0.15, 0.2) is 17.5 Å². The number of rotatable bonds is 10. The first-order valence-corrected chi connectivity index (χ1v) is 12.1. The Hall–Kier alpha value is -3.35. The quantitative estimate of drug-likeness (QED) is 0.0624. The lowest BCUT2D eigenvalue weighted by molar-refractivity contribution is -0.143. The molecule has 2 aromatic heterocycles. The Kier molecular flexibility index (Phi) is 7.10. The zero-order valence-electron chi connectivity index (χ0n) is 16.8. The number of amidine groups is 1. The van der Waals surface area contributed by atoms with E-state index < -0.39 is 34.2 Å². The highest BCUT2D eigenvalue weighted by atomic mass is 32.2. The van der Waals surface area contributed by atoms with Crippen molar-refractivity contribution in [1.29, 1.82) is 5.41 Å². The van der Waals surface area contributed by atoms with Gasteiger partial charge in [-0.15, -0.1) is 11.3 Å². The highest BCUT2D eigenvalue weighted by Gasteiger charge is 2.51. The average molecular weight is 519 g/mol. The molecule has 1 aliphatic rings. The molecule has 0 radical (unpaired) electrons. The number of hydrogen-bond donors (Lipinski definition) is 5. The summed E-state index contributed by atoms with van der Waals surface area (Å²) in [7, 11) is -4.74. The van der Waals surface area contributed by atoms with Crippen LogP contribution in [0, 0.1) is 5.41 Å². The lowest BCUT2D eigenvalue weighted by atomic mass is 10.0. The number of amides is 2. The van der Waals surface area contributed by atoms with Crippen molar-refractivity contribution in [2.45, 2.75) is 19.0 Å². The fraction of sp³-hybridized carbons (Fsp3) is 0.333. The summed E-state index contributed by atoms with van der Waals surface area (Å²) in [6, 6.07) is -2.21. The van der Waals surface area contributed by atoms with Crippen LogP contribution >= 0.6 is 22.7 Å². The Morgan fingerprint density at radius 3 is 2.58 bits per heavy atom. The molecular weight excluding hydrogens is 500 g/mol. The molecule has 2 amide bonds. The minimum atomic E-state index is -4.74. The molecule has 33 heavy (non-hydrogen) atoms. The van der Waals surface area contributed by atoms with Crippen molar-refractivity contribution in [2.75, 3.05) is 18.9 Å².